The number of aryl methyl sites for hydroxylation is 1. The van der Waals surface area contributed by atoms with Gasteiger partial charge in [-0.2, -0.15) is 5.10 Å². The molecule has 0 aliphatic carbocycles. The number of carboxylic acids is 1. The number of carboxylic acid groups (broad SMARTS) is 1. The number of hydrogen-bond donors (Lipinski definition) is 3. The van der Waals surface area contributed by atoms with Crippen molar-refractivity contribution in [1.82, 2.24) is 19.7 Å². The van der Waals surface area contributed by atoms with Crippen LogP contribution in [0.15, 0.2) is 42.9 Å². The predicted octanol–water partition coefficient (Wildman–Crippen LogP) is 2.96. The van der Waals surface area contributed by atoms with E-state index in [9.17, 15) is 9.90 Å². The molecule has 146 valence electrons. The second kappa shape index (κ2) is 8.18. The van der Waals surface area contributed by atoms with E-state index in [1.807, 2.05) is 31.2 Å². The summed E-state index contributed by atoms with van der Waals surface area (Å²) in [6, 6.07) is 7.85. The first kappa shape index (κ1) is 19.5. The highest BCUT2D eigenvalue weighted by atomic mass is 16.4. The van der Waals surface area contributed by atoms with Crippen LogP contribution in [0.3, 0.4) is 0 Å². The standard InChI is InChI=1S/C20H23N5O3/c1-12(2)17-4-5-21-20(24-17)23-16-7-13(3)6-14(8-16)15-9-22-25(10-15)11-18(26)19(27)28/h4-10,12,18,26H,11H2,1-3H3,(H,27,28)(H,21,23,24)/t18-/m1/s1. The van der Waals surface area contributed by atoms with E-state index in [1.165, 1.54) is 4.68 Å². The summed E-state index contributed by atoms with van der Waals surface area (Å²) < 4.78 is 1.42. The van der Waals surface area contributed by atoms with Crippen molar-refractivity contribution in [1.29, 1.82) is 0 Å². The van der Waals surface area contributed by atoms with Crippen molar-refractivity contribution in [2.45, 2.75) is 39.3 Å². The lowest BCUT2D eigenvalue weighted by Gasteiger charge is -2.10. The second-order valence-corrected chi connectivity index (χ2v) is 6.98. The molecule has 1 aromatic carbocycles. The molecular formula is C20H23N5O3. The van der Waals surface area contributed by atoms with E-state index in [2.05, 4.69) is 34.2 Å². The Balaban J connectivity index is 1.83. The van der Waals surface area contributed by atoms with Gasteiger partial charge in [0.15, 0.2) is 6.10 Å². The van der Waals surface area contributed by atoms with Crippen molar-refractivity contribution in [3.63, 3.8) is 0 Å². The number of anilines is 2. The van der Waals surface area contributed by atoms with Gasteiger partial charge in [0.25, 0.3) is 0 Å². The Morgan fingerprint density at radius 1 is 1.25 bits per heavy atom. The van der Waals surface area contributed by atoms with Gasteiger partial charge in [-0.1, -0.05) is 19.9 Å². The average Bonchev–Trinajstić information content (AvgIpc) is 3.10. The molecule has 3 rings (SSSR count). The van der Waals surface area contributed by atoms with Gasteiger partial charge in [0.1, 0.15) is 0 Å². The number of nitrogens with one attached hydrogen (secondary N) is 1. The molecule has 0 aliphatic rings. The summed E-state index contributed by atoms with van der Waals surface area (Å²) in [6.07, 6.45) is 3.59. The van der Waals surface area contributed by atoms with Gasteiger partial charge in [0, 0.05) is 29.3 Å². The van der Waals surface area contributed by atoms with Gasteiger partial charge in [-0.25, -0.2) is 14.8 Å². The number of hydrogen-bond acceptors (Lipinski definition) is 6. The van der Waals surface area contributed by atoms with Crippen LogP contribution in [0.4, 0.5) is 11.6 Å². The molecule has 0 saturated carbocycles. The summed E-state index contributed by atoms with van der Waals surface area (Å²) in [5.41, 5.74) is 4.58. The second-order valence-electron chi connectivity index (χ2n) is 6.98. The van der Waals surface area contributed by atoms with E-state index in [0.29, 0.717) is 11.9 Å². The molecular weight excluding hydrogens is 358 g/mol. The van der Waals surface area contributed by atoms with Crippen molar-refractivity contribution in [3.05, 3.63) is 54.1 Å². The molecule has 0 amide bonds. The molecule has 2 heterocycles. The Labute approximate surface area is 162 Å². The van der Waals surface area contributed by atoms with Crippen LogP contribution in [-0.2, 0) is 11.3 Å². The molecule has 1 atom stereocenters. The number of nitrogens with zero attached hydrogens (tertiary/aromatic N) is 4. The van der Waals surface area contributed by atoms with E-state index >= 15 is 0 Å². The van der Waals surface area contributed by atoms with Crippen LogP contribution in [0.1, 0.15) is 31.0 Å². The van der Waals surface area contributed by atoms with Crippen molar-refractivity contribution >= 4 is 17.6 Å². The van der Waals surface area contributed by atoms with Crippen molar-refractivity contribution in [2.75, 3.05) is 5.32 Å². The van der Waals surface area contributed by atoms with Crippen molar-refractivity contribution in [3.8, 4) is 11.1 Å². The number of rotatable bonds is 7. The van der Waals surface area contributed by atoms with Gasteiger partial charge in [0.2, 0.25) is 5.95 Å². The Bertz CT molecular complexity index is 983. The fourth-order valence-electron chi connectivity index (χ4n) is 2.77. The Morgan fingerprint density at radius 3 is 2.75 bits per heavy atom. The van der Waals surface area contributed by atoms with Crippen LogP contribution < -0.4 is 5.32 Å². The quantitative estimate of drug-likeness (QED) is 0.576. The molecule has 0 fully saturated rings. The topological polar surface area (TPSA) is 113 Å². The third-order valence-electron chi connectivity index (χ3n) is 4.21. The van der Waals surface area contributed by atoms with Crippen LogP contribution in [0, 0.1) is 6.92 Å². The summed E-state index contributed by atoms with van der Waals surface area (Å²) in [7, 11) is 0. The predicted molar refractivity (Wildman–Crippen MR) is 105 cm³/mol. The monoisotopic (exact) mass is 381 g/mol. The molecule has 0 radical (unpaired) electrons. The summed E-state index contributed by atoms with van der Waals surface area (Å²) >= 11 is 0. The van der Waals surface area contributed by atoms with Gasteiger partial charge in [0.05, 0.1) is 12.7 Å². The van der Waals surface area contributed by atoms with Crippen LogP contribution in [0.2, 0.25) is 0 Å². The van der Waals surface area contributed by atoms with Crippen LogP contribution in [-0.4, -0.2) is 42.0 Å². The fraction of sp³-hybridized carbons (Fsp3) is 0.300. The largest absolute Gasteiger partial charge is 0.479 e. The Hall–Kier alpha value is -3.26. The minimum Gasteiger partial charge on any atom is -0.479 e. The summed E-state index contributed by atoms with van der Waals surface area (Å²) in [5.74, 6) is -0.436. The molecule has 0 bridgehead atoms. The zero-order valence-corrected chi connectivity index (χ0v) is 16.0. The van der Waals surface area contributed by atoms with Gasteiger partial charge >= 0.3 is 5.97 Å². The fourth-order valence-corrected chi connectivity index (χ4v) is 2.77. The van der Waals surface area contributed by atoms with Gasteiger partial charge in [-0.05, 0) is 42.2 Å². The average molecular weight is 381 g/mol. The van der Waals surface area contributed by atoms with E-state index in [0.717, 1.165) is 28.1 Å². The van der Waals surface area contributed by atoms with Crippen LogP contribution >= 0.6 is 0 Å². The van der Waals surface area contributed by atoms with Gasteiger partial charge in [-0.3, -0.25) is 4.68 Å². The van der Waals surface area contributed by atoms with E-state index in [-0.39, 0.29) is 6.54 Å². The van der Waals surface area contributed by atoms with E-state index < -0.39 is 12.1 Å². The molecule has 0 unspecified atom stereocenters. The van der Waals surface area contributed by atoms with Crippen LogP contribution in [0.25, 0.3) is 11.1 Å². The zero-order valence-electron chi connectivity index (χ0n) is 16.0. The molecule has 0 saturated heterocycles. The summed E-state index contributed by atoms with van der Waals surface area (Å²) in [6.45, 7) is 6.03. The lowest BCUT2D eigenvalue weighted by molar-refractivity contribution is -0.147. The number of aliphatic carboxylic acids is 1. The Kier molecular flexibility index (Phi) is 5.70. The third kappa shape index (κ3) is 4.72. The lowest BCUT2D eigenvalue weighted by atomic mass is 10.1. The lowest BCUT2D eigenvalue weighted by Crippen LogP contribution is -2.25. The SMILES string of the molecule is Cc1cc(Nc2nccc(C(C)C)n2)cc(-c2cnn(C[C@@H](O)C(=O)O)c2)c1. The minimum absolute atomic E-state index is 0.109. The molecule has 3 aromatic rings. The van der Waals surface area contributed by atoms with Gasteiger partial charge in [-0.15, -0.1) is 0 Å². The van der Waals surface area contributed by atoms with Crippen molar-refractivity contribution < 1.29 is 15.0 Å². The Morgan fingerprint density at radius 2 is 2.04 bits per heavy atom. The van der Waals surface area contributed by atoms with E-state index in [1.54, 1.807) is 18.6 Å². The van der Waals surface area contributed by atoms with Crippen molar-refractivity contribution in [2.24, 2.45) is 0 Å². The number of aliphatic hydroxyl groups excluding tert-OH is 1. The maximum absolute atomic E-state index is 10.8. The number of aromatic nitrogens is 4. The maximum Gasteiger partial charge on any atom is 0.334 e. The first-order valence-corrected chi connectivity index (χ1v) is 8.97. The first-order chi connectivity index (χ1) is 13.3. The molecule has 8 heteroatoms. The maximum atomic E-state index is 10.8. The number of carbonyl (C=O) groups is 1. The molecule has 3 N–H and O–H groups in total. The van der Waals surface area contributed by atoms with Crippen LogP contribution in [0.5, 0.6) is 0 Å². The molecule has 2 aromatic heterocycles. The molecule has 0 spiro atoms. The summed E-state index contributed by atoms with van der Waals surface area (Å²) in [5, 5.41) is 25.7. The molecule has 0 aliphatic heterocycles. The number of benzene rings is 1. The number of aliphatic hydroxyl groups is 1. The molecule has 8 nitrogen and oxygen atoms in total. The van der Waals surface area contributed by atoms with Gasteiger partial charge < -0.3 is 15.5 Å². The zero-order chi connectivity index (χ0) is 20.3. The third-order valence-corrected chi connectivity index (χ3v) is 4.21. The summed E-state index contributed by atoms with van der Waals surface area (Å²) in [4.78, 5) is 19.6. The normalized spacial score (nSPS) is 12.2. The highest BCUT2D eigenvalue weighted by molar-refractivity contribution is 5.72. The highest BCUT2D eigenvalue weighted by Crippen LogP contribution is 2.26. The molecule has 28 heavy (non-hydrogen) atoms. The van der Waals surface area contributed by atoms with E-state index in [4.69, 9.17) is 5.11 Å². The highest BCUT2D eigenvalue weighted by Gasteiger charge is 2.15. The first-order valence-electron chi connectivity index (χ1n) is 8.97. The smallest absolute Gasteiger partial charge is 0.334 e. The minimum atomic E-state index is -1.49.